The molecule has 1 fully saturated rings. The molecule has 2 atom stereocenters. The van der Waals surface area contributed by atoms with Crippen LogP contribution in [-0.2, 0) is 6.54 Å². The Labute approximate surface area is 167 Å². The van der Waals surface area contributed by atoms with Crippen LogP contribution >= 0.6 is 0 Å². The van der Waals surface area contributed by atoms with Crippen molar-refractivity contribution < 1.29 is 9.52 Å². The average Bonchev–Trinajstić information content (AvgIpc) is 3.32. The summed E-state index contributed by atoms with van der Waals surface area (Å²) >= 11 is 0. The van der Waals surface area contributed by atoms with Crippen molar-refractivity contribution in [3.8, 4) is 0 Å². The summed E-state index contributed by atoms with van der Waals surface area (Å²) in [6, 6.07) is 8.07. The summed E-state index contributed by atoms with van der Waals surface area (Å²) in [6.07, 6.45) is 6.82. The number of rotatable bonds is 4. The minimum atomic E-state index is -0.361. The van der Waals surface area contributed by atoms with Crippen LogP contribution in [0, 0.1) is 6.57 Å². The summed E-state index contributed by atoms with van der Waals surface area (Å²) in [4.78, 5) is 16.6. The fourth-order valence-corrected chi connectivity index (χ4v) is 3.88. The molecule has 1 aromatic carbocycles. The lowest BCUT2D eigenvalue weighted by Crippen LogP contribution is -2.36. The standard InChI is InChI=1S/C21H20N6O2/c1-22-14-9-17-20(23-10-14)27(12-24-17)11-13-6-7-16-19(8-13)29-21(26-16)25-15-4-2-3-5-18(15)28/h6-10,12,15,18,28H,2-5,11H2,(H,25,26)/t15-,18-/m1/s1. The van der Waals surface area contributed by atoms with Gasteiger partial charge in [0, 0.05) is 6.20 Å². The zero-order valence-electron chi connectivity index (χ0n) is 15.7. The van der Waals surface area contributed by atoms with Gasteiger partial charge >= 0.3 is 0 Å². The molecule has 0 radical (unpaired) electrons. The molecule has 0 amide bonds. The van der Waals surface area contributed by atoms with Gasteiger partial charge in [0.2, 0.25) is 5.69 Å². The highest BCUT2D eigenvalue weighted by molar-refractivity contribution is 5.76. The molecule has 146 valence electrons. The maximum absolute atomic E-state index is 10.1. The van der Waals surface area contributed by atoms with E-state index in [9.17, 15) is 5.11 Å². The van der Waals surface area contributed by atoms with Crippen molar-refractivity contribution in [1.82, 2.24) is 19.5 Å². The normalized spacial score (nSPS) is 19.4. The first-order valence-electron chi connectivity index (χ1n) is 9.72. The van der Waals surface area contributed by atoms with Crippen LogP contribution in [0.15, 0.2) is 41.2 Å². The second-order valence-electron chi connectivity index (χ2n) is 7.44. The summed E-state index contributed by atoms with van der Waals surface area (Å²) in [5.41, 5.74) is 4.43. The smallest absolute Gasteiger partial charge is 0.295 e. The Morgan fingerprint density at radius 2 is 2.10 bits per heavy atom. The van der Waals surface area contributed by atoms with Gasteiger partial charge in [-0.05, 0) is 36.6 Å². The van der Waals surface area contributed by atoms with Crippen LogP contribution in [0.5, 0.6) is 0 Å². The van der Waals surface area contributed by atoms with E-state index in [-0.39, 0.29) is 12.1 Å². The van der Waals surface area contributed by atoms with Crippen molar-refractivity contribution in [1.29, 1.82) is 0 Å². The minimum absolute atomic E-state index is 0.0139. The van der Waals surface area contributed by atoms with Gasteiger partial charge in [0.05, 0.1) is 37.1 Å². The molecule has 29 heavy (non-hydrogen) atoms. The molecule has 5 rings (SSSR count). The molecule has 3 heterocycles. The van der Waals surface area contributed by atoms with Gasteiger partial charge in [-0.1, -0.05) is 18.9 Å². The highest BCUT2D eigenvalue weighted by Gasteiger charge is 2.24. The Hall–Kier alpha value is -3.44. The molecule has 0 saturated heterocycles. The van der Waals surface area contributed by atoms with Gasteiger partial charge in [-0.3, -0.25) is 0 Å². The van der Waals surface area contributed by atoms with Crippen molar-refractivity contribution in [2.75, 3.05) is 5.32 Å². The third-order valence-corrected chi connectivity index (χ3v) is 5.41. The first-order chi connectivity index (χ1) is 14.2. The van der Waals surface area contributed by atoms with E-state index in [4.69, 9.17) is 11.0 Å². The molecule has 2 N–H and O–H groups in total. The van der Waals surface area contributed by atoms with Crippen molar-refractivity contribution in [3.05, 3.63) is 53.8 Å². The van der Waals surface area contributed by atoms with E-state index in [0.717, 1.165) is 42.4 Å². The molecule has 0 spiro atoms. The number of imidazole rings is 1. The maximum Gasteiger partial charge on any atom is 0.295 e. The molecule has 4 aromatic rings. The van der Waals surface area contributed by atoms with Crippen LogP contribution in [-0.4, -0.2) is 36.8 Å². The number of pyridine rings is 1. The second kappa shape index (κ2) is 7.18. The summed E-state index contributed by atoms with van der Waals surface area (Å²) in [5.74, 6) is 0. The SMILES string of the molecule is [C-]#[N+]c1cnc2c(c1)ncn2Cc1ccc2nc(N[C@@H]3CCCC[C@H]3O)oc2c1. The molecule has 0 bridgehead atoms. The Balaban J connectivity index is 1.38. The van der Waals surface area contributed by atoms with Crippen LogP contribution in [0.25, 0.3) is 27.1 Å². The number of aromatic nitrogens is 4. The lowest BCUT2D eigenvalue weighted by Gasteiger charge is -2.27. The van der Waals surface area contributed by atoms with Gasteiger partial charge in [0.15, 0.2) is 11.2 Å². The average molecular weight is 388 g/mol. The lowest BCUT2D eigenvalue weighted by atomic mass is 9.93. The van der Waals surface area contributed by atoms with Crippen molar-refractivity contribution in [2.24, 2.45) is 0 Å². The maximum atomic E-state index is 10.1. The monoisotopic (exact) mass is 388 g/mol. The van der Waals surface area contributed by atoms with E-state index in [1.54, 1.807) is 18.6 Å². The van der Waals surface area contributed by atoms with E-state index in [2.05, 4.69) is 25.1 Å². The van der Waals surface area contributed by atoms with Crippen LogP contribution < -0.4 is 5.32 Å². The van der Waals surface area contributed by atoms with Crippen LogP contribution in [0.1, 0.15) is 31.2 Å². The molecule has 1 saturated carbocycles. The third-order valence-electron chi connectivity index (χ3n) is 5.41. The van der Waals surface area contributed by atoms with E-state index in [1.165, 1.54) is 0 Å². The predicted molar refractivity (Wildman–Crippen MR) is 109 cm³/mol. The zero-order valence-corrected chi connectivity index (χ0v) is 15.7. The van der Waals surface area contributed by atoms with Gasteiger partial charge in [0.25, 0.3) is 6.01 Å². The zero-order chi connectivity index (χ0) is 19.8. The number of nitrogens with zero attached hydrogens (tertiary/aromatic N) is 5. The lowest BCUT2D eigenvalue weighted by molar-refractivity contribution is 0.115. The van der Waals surface area contributed by atoms with Gasteiger partial charge in [-0.2, -0.15) is 4.98 Å². The molecular weight excluding hydrogens is 368 g/mol. The van der Waals surface area contributed by atoms with E-state index in [0.29, 0.717) is 29.3 Å². The van der Waals surface area contributed by atoms with Crippen molar-refractivity contribution >= 4 is 34.0 Å². The molecule has 8 heteroatoms. The molecule has 0 aliphatic heterocycles. The highest BCUT2D eigenvalue weighted by atomic mass is 16.4. The molecule has 0 unspecified atom stereocenters. The fourth-order valence-electron chi connectivity index (χ4n) is 3.88. The topological polar surface area (TPSA) is 93.4 Å². The third kappa shape index (κ3) is 3.41. The predicted octanol–water partition coefficient (Wildman–Crippen LogP) is 3.89. The number of hydrogen-bond acceptors (Lipinski definition) is 6. The molecule has 1 aliphatic carbocycles. The summed E-state index contributed by atoms with van der Waals surface area (Å²) in [5, 5.41) is 13.4. The van der Waals surface area contributed by atoms with Gasteiger partial charge in [-0.25, -0.2) is 14.8 Å². The first-order valence-corrected chi connectivity index (χ1v) is 9.72. The summed E-state index contributed by atoms with van der Waals surface area (Å²) in [6.45, 7) is 7.68. The second-order valence-corrected chi connectivity index (χ2v) is 7.44. The molecular formula is C21H20N6O2. The Kier molecular flexibility index (Phi) is 4.37. The quantitative estimate of drug-likeness (QED) is 0.515. The molecule has 3 aromatic heterocycles. The number of nitrogens with one attached hydrogen (secondary N) is 1. The number of benzene rings is 1. The first kappa shape index (κ1) is 17.6. The number of hydrogen-bond donors (Lipinski definition) is 2. The number of aliphatic hydroxyl groups excluding tert-OH is 1. The fraction of sp³-hybridized carbons (Fsp3) is 0.333. The Bertz CT molecular complexity index is 1220. The van der Waals surface area contributed by atoms with Crippen molar-refractivity contribution in [3.63, 3.8) is 0 Å². The van der Waals surface area contributed by atoms with E-state index in [1.807, 2.05) is 22.8 Å². The van der Waals surface area contributed by atoms with Crippen LogP contribution in [0.4, 0.5) is 11.7 Å². The number of aliphatic hydroxyl groups is 1. The number of anilines is 1. The van der Waals surface area contributed by atoms with Crippen molar-refractivity contribution in [2.45, 2.75) is 44.4 Å². The van der Waals surface area contributed by atoms with Crippen LogP contribution in [0.3, 0.4) is 0 Å². The Morgan fingerprint density at radius 1 is 1.21 bits per heavy atom. The van der Waals surface area contributed by atoms with Gasteiger partial charge in [0.1, 0.15) is 5.52 Å². The van der Waals surface area contributed by atoms with E-state index >= 15 is 0 Å². The number of fused-ring (bicyclic) bond motifs is 2. The van der Waals surface area contributed by atoms with Gasteiger partial charge < -0.3 is 19.4 Å². The molecule has 8 nitrogen and oxygen atoms in total. The van der Waals surface area contributed by atoms with E-state index < -0.39 is 0 Å². The largest absolute Gasteiger partial charge is 0.424 e. The summed E-state index contributed by atoms with van der Waals surface area (Å²) in [7, 11) is 0. The minimum Gasteiger partial charge on any atom is -0.424 e. The summed E-state index contributed by atoms with van der Waals surface area (Å²) < 4.78 is 7.83. The Morgan fingerprint density at radius 3 is 2.97 bits per heavy atom. The number of oxazole rings is 1. The highest BCUT2D eigenvalue weighted by Crippen LogP contribution is 2.26. The molecule has 1 aliphatic rings. The van der Waals surface area contributed by atoms with Crippen LogP contribution in [0.2, 0.25) is 0 Å². The van der Waals surface area contributed by atoms with Gasteiger partial charge in [-0.15, -0.1) is 0 Å².